The first-order chi connectivity index (χ1) is 6.02. The maximum Gasteiger partial charge on any atom is 0.00387 e. The maximum absolute atomic E-state index is 2.61. The predicted molar refractivity (Wildman–Crippen MR) is 58.8 cm³/mol. The summed E-state index contributed by atoms with van der Waals surface area (Å²) in [4.78, 5) is 2.61. The van der Waals surface area contributed by atoms with Crippen LogP contribution in [0.5, 0.6) is 0 Å². The molecule has 1 saturated heterocycles. The first kappa shape index (κ1) is 11.0. The van der Waals surface area contributed by atoms with Crippen molar-refractivity contribution in [2.24, 2.45) is 17.8 Å². The van der Waals surface area contributed by atoms with E-state index in [1.165, 1.54) is 19.5 Å². The Kier molecular flexibility index (Phi) is 3.78. The lowest BCUT2D eigenvalue weighted by molar-refractivity contribution is 0.0799. The van der Waals surface area contributed by atoms with Crippen LogP contribution < -0.4 is 0 Å². The summed E-state index contributed by atoms with van der Waals surface area (Å²) in [5.41, 5.74) is 0. The monoisotopic (exact) mass is 183 g/mol. The van der Waals surface area contributed by atoms with E-state index in [0.29, 0.717) is 0 Å². The van der Waals surface area contributed by atoms with E-state index in [0.717, 1.165) is 23.8 Å². The molecule has 78 valence electrons. The number of hydrogen-bond donors (Lipinski definition) is 0. The molecular weight excluding hydrogens is 158 g/mol. The lowest BCUT2D eigenvalue weighted by atomic mass is 9.79. The van der Waals surface area contributed by atoms with Crippen LogP contribution in [0.3, 0.4) is 0 Å². The Bertz CT molecular complexity index is 151. The molecule has 0 bridgehead atoms. The zero-order chi connectivity index (χ0) is 10.0. The first-order valence-corrected chi connectivity index (χ1v) is 5.76. The van der Waals surface area contributed by atoms with Crippen LogP contribution in [-0.2, 0) is 0 Å². The highest BCUT2D eigenvalue weighted by atomic mass is 15.2. The highest BCUT2D eigenvalue weighted by molar-refractivity contribution is 4.80. The Morgan fingerprint density at radius 1 is 1.15 bits per heavy atom. The Morgan fingerprint density at radius 2 is 1.77 bits per heavy atom. The third kappa shape index (κ3) is 2.70. The van der Waals surface area contributed by atoms with Gasteiger partial charge in [-0.2, -0.15) is 0 Å². The van der Waals surface area contributed by atoms with Gasteiger partial charge in [0.1, 0.15) is 0 Å². The zero-order valence-electron chi connectivity index (χ0n) is 9.88. The Hall–Kier alpha value is -0.0400. The fraction of sp³-hybridized carbons (Fsp3) is 1.00. The average molecular weight is 183 g/mol. The predicted octanol–water partition coefficient (Wildman–Crippen LogP) is 3.01. The summed E-state index contributed by atoms with van der Waals surface area (Å²) in [6.45, 7) is 14.4. The summed E-state index contributed by atoms with van der Waals surface area (Å²) in [5.74, 6) is 2.70. The second-order valence-corrected chi connectivity index (χ2v) is 5.26. The van der Waals surface area contributed by atoms with Gasteiger partial charge in [0, 0.05) is 12.6 Å². The van der Waals surface area contributed by atoms with Gasteiger partial charge in [-0.1, -0.05) is 20.8 Å². The zero-order valence-corrected chi connectivity index (χ0v) is 9.88. The van der Waals surface area contributed by atoms with Gasteiger partial charge in [-0.3, -0.25) is 0 Å². The molecule has 1 aliphatic heterocycles. The highest BCUT2D eigenvalue weighted by Gasteiger charge is 2.28. The molecule has 0 aromatic heterocycles. The SMILES string of the molecule is CC(C)C1CCN(C(C)C)CC1C. The number of rotatable bonds is 2. The van der Waals surface area contributed by atoms with Crippen LogP contribution in [0.2, 0.25) is 0 Å². The normalized spacial score (nSPS) is 31.6. The van der Waals surface area contributed by atoms with Gasteiger partial charge < -0.3 is 4.90 Å². The summed E-state index contributed by atoms with van der Waals surface area (Å²) >= 11 is 0. The van der Waals surface area contributed by atoms with Gasteiger partial charge in [-0.05, 0) is 44.6 Å². The van der Waals surface area contributed by atoms with Crippen LogP contribution in [-0.4, -0.2) is 24.0 Å². The van der Waals surface area contributed by atoms with E-state index < -0.39 is 0 Å². The second-order valence-electron chi connectivity index (χ2n) is 5.26. The Balaban J connectivity index is 2.46. The van der Waals surface area contributed by atoms with E-state index in [2.05, 4.69) is 39.5 Å². The van der Waals surface area contributed by atoms with Crippen molar-refractivity contribution in [3.05, 3.63) is 0 Å². The minimum atomic E-state index is 0.732. The molecule has 0 N–H and O–H groups in total. The van der Waals surface area contributed by atoms with E-state index in [1.54, 1.807) is 0 Å². The molecule has 1 rings (SSSR count). The molecule has 2 atom stereocenters. The van der Waals surface area contributed by atoms with Gasteiger partial charge in [-0.15, -0.1) is 0 Å². The fourth-order valence-electron chi connectivity index (χ4n) is 2.66. The van der Waals surface area contributed by atoms with Crippen molar-refractivity contribution in [3.8, 4) is 0 Å². The maximum atomic E-state index is 2.61. The third-order valence-corrected chi connectivity index (χ3v) is 3.59. The molecule has 1 heteroatoms. The van der Waals surface area contributed by atoms with Gasteiger partial charge in [0.05, 0.1) is 0 Å². The molecule has 1 nitrogen and oxygen atoms in total. The lowest BCUT2D eigenvalue weighted by Crippen LogP contribution is -2.44. The minimum Gasteiger partial charge on any atom is -0.301 e. The van der Waals surface area contributed by atoms with Gasteiger partial charge in [0.15, 0.2) is 0 Å². The van der Waals surface area contributed by atoms with Crippen molar-refractivity contribution >= 4 is 0 Å². The fourth-order valence-corrected chi connectivity index (χ4v) is 2.66. The molecule has 0 spiro atoms. The lowest BCUT2D eigenvalue weighted by Gasteiger charge is -2.40. The molecule has 1 aliphatic rings. The minimum absolute atomic E-state index is 0.732. The summed E-state index contributed by atoms with van der Waals surface area (Å²) in [7, 11) is 0. The molecule has 0 radical (unpaired) electrons. The molecule has 0 amide bonds. The van der Waals surface area contributed by atoms with Crippen LogP contribution in [0.15, 0.2) is 0 Å². The van der Waals surface area contributed by atoms with Gasteiger partial charge in [0.25, 0.3) is 0 Å². The van der Waals surface area contributed by atoms with Crippen LogP contribution >= 0.6 is 0 Å². The van der Waals surface area contributed by atoms with Gasteiger partial charge >= 0.3 is 0 Å². The van der Waals surface area contributed by atoms with E-state index in [4.69, 9.17) is 0 Å². The van der Waals surface area contributed by atoms with Crippen LogP contribution in [0.1, 0.15) is 41.0 Å². The molecule has 0 saturated carbocycles. The molecule has 0 aromatic rings. The molecule has 0 aliphatic carbocycles. The van der Waals surface area contributed by atoms with Crippen LogP contribution in [0, 0.1) is 17.8 Å². The average Bonchev–Trinajstić information content (AvgIpc) is 2.03. The van der Waals surface area contributed by atoms with Crippen molar-refractivity contribution in [1.29, 1.82) is 0 Å². The first-order valence-electron chi connectivity index (χ1n) is 5.76. The van der Waals surface area contributed by atoms with Crippen molar-refractivity contribution in [3.63, 3.8) is 0 Å². The van der Waals surface area contributed by atoms with E-state index in [-0.39, 0.29) is 0 Å². The molecule has 13 heavy (non-hydrogen) atoms. The summed E-state index contributed by atoms with van der Waals surface area (Å²) in [6.07, 6.45) is 1.40. The Labute approximate surface area is 83.5 Å². The van der Waals surface area contributed by atoms with E-state index in [1.807, 2.05) is 0 Å². The largest absolute Gasteiger partial charge is 0.301 e. The van der Waals surface area contributed by atoms with Crippen molar-refractivity contribution in [2.45, 2.75) is 47.1 Å². The van der Waals surface area contributed by atoms with Crippen LogP contribution in [0.4, 0.5) is 0 Å². The van der Waals surface area contributed by atoms with E-state index >= 15 is 0 Å². The van der Waals surface area contributed by atoms with Crippen molar-refractivity contribution < 1.29 is 0 Å². The van der Waals surface area contributed by atoms with Gasteiger partial charge in [0.2, 0.25) is 0 Å². The summed E-state index contributed by atoms with van der Waals surface area (Å²) < 4.78 is 0. The number of piperidine rings is 1. The summed E-state index contributed by atoms with van der Waals surface area (Å²) in [6, 6.07) is 0.732. The topological polar surface area (TPSA) is 3.24 Å². The standard InChI is InChI=1S/C12H25N/c1-9(2)12-6-7-13(10(3)4)8-11(12)5/h9-12H,6-8H2,1-5H3. The highest BCUT2D eigenvalue weighted by Crippen LogP contribution is 2.30. The number of likely N-dealkylation sites (tertiary alicyclic amines) is 1. The quantitative estimate of drug-likeness (QED) is 0.636. The molecule has 1 fully saturated rings. The smallest absolute Gasteiger partial charge is 0.00387 e. The van der Waals surface area contributed by atoms with Crippen LogP contribution in [0.25, 0.3) is 0 Å². The van der Waals surface area contributed by atoms with Crippen molar-refractivity contribution in [1.82, 2.24) is 4.90 Å². The van der Waals surface area contributed by atoms with E-state index in [9.17, 15) is 0 Å². The molecule has 1 heterocycles. The summed E-state index contributed by atoms with van der Waals surface area (Å²) in [5, 5.41) is 0. The van der Waals surface area contributed by atoms with Gasteiger partial charge in [-0.25, -0.2) is 0 Å². The number of hydrogen-bond acceptors (Lipinski definition) is 1. The third-order valence-electron chi connectivity index (χ3n) is 3.59. The molecule has 2 unspecified atom stereocenters. The molecule has 0 aromatic carbocycles. The second kappa shape index (κ2) is 4.45. The Morgan fingerprint density at radius 3 is 2.15 bits per heavy atom. The molecular formula is C12H25N. The number of nitrogens with zero attached hydrogens (tertiary/aromatic N) is 1. The van der Waals surface area contributed by atoms with Crippen molar-refractivity contribution in [2.75, 3.05) is 13.1 Å².